The van der Waals surface area contributed by atoms with Crippen LogP contribution in [0.4, 0.5) is 5.82 Å². The van der Waals surface area contributed by atoms with Gasteiger partial charge in [0.2, 0.25) is 0 Å². The van der Waals surface area contributed by atoms with E-state index >= 15 is 0 Å². The smallest absolute Gasteiger partial charge is 0.126 e. The molecule has 1 atom stereocenters. The van der Waals surface area contributed by atoms with Crippen LogP contribution in [-0.2, 0) is 0 Å². The van der Waals surface area contributed by atoms with Gasteiger partial charge in [0.25, 0.3) is 0 Å². The number of benzene rings is 1. The monoisotopic (exact) mass is 276 g/mol. The predicted octanol–water partition coefficient (Wildman–Crippen LogP) is 3.50. The first kappa shape index (κ1) is 12.2. The van der Waals surface area contributed by atoms with Gasteiger partial charge in [0, 0.05) is 34.4 Å². The summed E-state index contributed by atoms with van der Waals surface area (Å²) in [6, 6.07) is 12.4. The molecule has 1 aromatic carbocycles. The molecule has 1 saturated heterocycles. The van der Waals surface area contributed by atoms with Gasteiger partial charge in [0.15, 0.2) is 0 Å². The van der Waals surface area contributed by atoms with Crippen molar-refractivity contribution in [1.29, 1.82) is 0 Å². The Morgan fingerprint density at radius 3 is 3.00 bits per heavy atom. The maximum absolute atomic E-state index is 4.63. The average Bonchev–Trinajstić information content (AvgIpc) is 2.46. The Hall–Kier alpha value is -0.870. The molecule has 94 valence electrons. The van der Waals surface area contributed by atoms with Crippen molar-refractivity contribution in [3.8, 4) is 0 Å². The Labute approximate surface area is 116 Å². The number of hydrogen-bond donors (Lipinski definition) is 1. The zero-order valence-corrected chi connectivity index (χ0v) is 11.8. The van der Waals surface area contributed by atoms with E-state index < -0.39 is 0 Å². The van der Waals surface area contributed by atoms with Crippen LogP contribution in [0.3, 0.4) is 0 Å². The molecule has 1 aliphatic heterocycles. The van der Waals surface area contributed by atoms with Crippen LogP contribution in [0, 0.1) is 0 Å². The summed E-state index contributed by atoms with van der Waals surface area (Å²) in [6.45, 7) is 1.02. The Bertz CT molecular complexity index is 524. The summed E-state index contributed by atoms with van der Waals surface area (Å²) in [4.78, 5) is 4.63. The van der Waals surface area contributed by atoms with Gasteiger partial charge in [0.1, 0.15) is 5.82 Å². The second-order valence-corrected chi connectivity index (χ2v) is 6.90. The molecule has 0 spiro atoms. The molecule has 1 aromatic heterocycles. The molecule has 2 heterocycles. The largest absolute Gasteiger partial charge is 0.369 e. The van der Waals surface area contributed by atoms with Gasteiger partial charge in [0.05, 0.1) is 5.52 Å². The Kier molecular flexibility index (Phi) is 3.96. The van der Waals surface area contributed by atoms with Crippen molar-refractivity contribution in [3.05, 3.63) is 36.4 Å². The molecule has 0 amide bonds. The normalized spacial score (nSPS) is 19.9. The van der Waals surface area contributed by atoms with E-state index in [0.717, 1.165) is 23.1 Å². The molecule has 4 heteroatoms. The molecule has 18 heavy (non-hydrogen) atoms. The van der Waals surface area contributed by atoms with Crippen molar-refractivity contribution in [2.75, 3.05) is 29.1 Å². The molecule has 0 saturated carbocycles. The topological polar surface area (TPSA) is 24.9 Å². The van der Waals surface area contributed by atoms with Gasteiger partial charge in [-0.05, 0) is 18.2 Å². The first-order valence-corrected chi connectivity index (χ1v) is 8.41. The van der Waals surface area contributed by atoms with Crippen molar-refractivity contribution >= 4 is 40.2 Å². The molecule has 1 aliphatic rings. The van der Waals surface area contributed by atoms with E-state index in [0.29, 0.717) is 0 Å². The summed E-state index contributed by atoms with van der Waals surface area (Å²) in [5.74, 6) is 4.83. The number of nitrogens with zero attached hydrogens (tertiary/aromatic N) is 1. The van der Waals surface area contributed by atoms with Crippen LogP contribution in [0.5, 0.6) is 0 Å². The molecule has 0 aliphatic carbocycles. The number of para-hydroxylation sites is 1. The summed E-state index contributed by atoms with van der Waals surface area (Å²) in [7, 11) is 0. The van der Waals surface area contributed by atoms with Gasteiger partial charge in [-0.3, -0.25) is 0 Å². The third kappa shape index (κ3) is 2.93. The minimum Gasteiger partial charge on any atom is -0.369 e. The number of hydrogen-bond acceptors (Lipinski definition) is 4. The fourth-order valence-corrected chi connectivity index (χ4v) is 4.65. The van der Waals surface area contributed by atoms with E-state index in [9.17, 15) is 0 Å². The minimum atomic E-state index is 0.719. The quantitative estimate of drug-likeness (QED) is 0.927. The number of aromatic nitrogens is 1. The highest BCUT2D eigenvalue weighted by Crippen LogP contribution is 2.24. The summed E-state index contributed by atoms with van der Waals surface area (Å²) < 4.78 is 0. The zero-order valence-electron chi connectivity index (χ0n) is 10.1. The van der Waals surface area contributed by atoms with E-state index in [1.807, 2.05) is 12.1 Å². The van der Waals surface area contributed by atoms with Crippen LogP contribution >= 0.6 is 23.5 Å². The lowest BCUT2D eigenvalue weighted by Gasteiger charge is -2.21. The summed E-state index contributed by atoms with van der Waals surface area (Å²) in [5, 5.41) is 5.38. The third-order valence-corrected chi connectivity index (χ3v) is 5.84. The van der Waals surface area contributed by atoms with E-state index in [4.69, 9.17) is 0 Å². The maximum atomic E-state index is 4.63. The van der Waals surface area contributed by atoms with Crippen LogP contribution in [0.15, 0.2) is 36.4 Å². The summed E-state index contributed by atoms with van der Waals surface area (Å²) in [6.07, 6.45) is 0. The van der Waals surface area contributed by atoms with Gasteiger partial charge in [-0.2, -0.15) is 23.5 Å². The molecular formula is C14H16N2S2. The minimum absolute atomic E-state index is 0.719. The molecule has 1 unspecified atom stereocenters. The number of rotatable bonds is 3. The zero-order chi connectivity index (χ0) is 12.2. The lowest BCUT2D eigenvalue weighted by atomic mass is 10.2. The Morgan fingerprint density at radius 2 is 2.11 bits per heavy atom. The first-order valence-electron chi connectivity index (χ1n) is 6.21. The lowest BCUT2D eigenvalue weighted by Crippen LogP contribution is -2.23. The maximum Gasteiger partial charge on any atom is 0.126 e. The molecule has 3 rings (SSSR count). The second kappa shape index (κ2) is 5.85. The van der Waals surface area contributed by atoms with E-state index in [1.165, 1.54) is 22.6 Å². The van der Waals surface area contributed by atoms with Crippen LogP contribution < -0.4 is 5.32 Å². The molecular weight excluding hydrogens is 260 g/mol. The summed E-state index contributed by atoms with van der Waals surface area (Å²) in [5.41, 5.74) is 1.06. The fourth-order valence-electron chi connectivity index (χ4n) is 2.04. The Balaban J connectivity index is 1.66. The lowest BCUT2D eigenvalue weighted by molar-refractivity contribution is 0.996. The van der Waals surface area contributed by atoms with Gasteiger partial charge >= 0.3 is 0 Å². The molecule has 2 aromatic rings. The molecule has 0 bridgehead atoms. The number of pyridine rings is 1. The van der Waals surface area contributed by atoms with Gasteiger partial charge in [-0.25, -0.2) is 4.98 Å². The van der Waals surface area contributed by atoms with Crippen molar-refractivity contribution in [1.82, 2.24) is 4.98 Å². The standard InChI is InChI=1S/C14H16N2S2/c1-2-4-13-11(3-1)5-6-14(16-13)15-9-12-10-17-7-8-18-12/h1-6,12H,7-10H2,(H,15,16). The number of fused-ring (bicyclic) bond motifs is 1. The van der Waals surface area contributed by atoms with Crippen molar-refractivity contribution in [3.63, 3.8) is 0 Å². The average molecular weight is 276 g/mol. The highest BCUT2D eigenvalue weighted by molar-refractivity contribution is 8.06. The van der Waals surface area contributed by atoms with Crippen LogP contribution in [-0.4, -0.2) is 34.0 Å². The SMILES string of the molecule is c1ccc2nc(NCC3CSCCS3)ccc2c1. The first-order chi connectivity index (χ1) is 8.92. The number of thioether (sulfide) groups is 2. The number of anilines is 1. The molecule has 1 fully saturated rings. The van der Waals surface area contributed by atoms with Gasteiger partial charge < -0.3 is 5.32 Å². The van der Waals surface area contributed by atoms with Crippen LogP contribution in [0.25, 0.3) is 10.9 Å². The molecule has 0 radical (unpaired) electrons. The van der Waals surface area contributed by atoms with E-state index in [2.05, 4.69) is 58.1 Å². The third-order valence-electron chi connectivity index (χ3n) is 2.99. The number of nitrogens with one attached hydrogen (secondary N) is 1. The van der Waals surface area contributed by atoms with Gasteiger partial charge in [-0.1, -0.05) is 18.2 Å². The second-order valence-electron chi connectivity index (χ2n) is 4.34. The van der Waals surface area contributed by atoms with Crippen molar-refractivity contribution in [2.45, 2.75) is 5.25 Å². The van der Waals surface area contributed by atoms with E-state index in [-0.39, 0.29) is 0 Å². The molecule has 2 nitrogen and oxygen atoms in total. The van der Waals surface area contributed by atoms with Crippen LogP contribution in [0.2, 0.25) is 0 Å². The van der Waals surface area contributed by atoms with Crippen molar-refractivity contribution < 1.29 is 0 Å². The fraction of sp³-hybridized carbons (Fsp3) is 0.357. The van der Waals surface area contributed by atoms with E-state index in [1.54, 1.807) is 0 Å². The van der Waals surface area contributed by atoms with Crippen LogP contribution in [0.1, 0.15) is 0 Å². The van der Waals surface area contributed by atoms with Gasteiger partial charge in [-0.15, -0.1) is 0 Å². The van der Waals surface area contributed by atoms with Crippen molar-refractivity contribution in [2.24, 2.45) is 0 Å². The highest BCUT2D eigenvalue weighted by atomic mass is 32.2. The highest BCUT2D eigenvalue weighted by Gasteiger charge is 2.13. The predicted molar refractivity (Wildman–Crippen MR) is 83.8 cm³/mol. The summed E-state index contributed by atoms with van der Waals surface area (Å²) >= 11 is 4.13. The molecule has 1 N–H and O–H groups in total. The Morgan fingerprint density at radius 1 is 1.17 bits per heavy atom.